The Balaban J connectivity index is 1.47. The van der Waals surface area contributed by atoms with Gasteiger partial charge in [-0.05, 0) is 42.7 Å². The number of benzene rings is 3. The molecular weight excluding hydrogens is 444 g/mol. The number of rotatable bonds is 5. The third-order valence-electron chi connectivity index (χ3n) is 5.90. The zero-order chi connectivity index (χ0) is 23.7. The van der Waals surface area contributed by atoms with E-state index in [4.69, 9.17) is 9.98 Å². The molecule has 0 bridgehead atoms. The molecule has 3 aromatic rings. The van der Waals surface area contributed by atoms with Crippen LogP contribution in [0.5, 0.6) is 0 Å². The van der Waals surface area contributed by atoms with Gasteiger partial charge in [0.2, 0.25) is 5.91 Å². The van der Waals surface area contributed by atoms with Crippen LogP contribution < -0.4 is 5.32 Å². The molecule has 2 amide bonds. The van der Waals surface area contributed by atoms with Crippen molar-refractivity contribution < 1.29 is 9.59 Å². The Hall–Kier alpha value is -3.71. The van der Waals surface area contributed by atoms with Gasteiger partial charge in [0.1, 0.15) is 5.84 Å². The number of amides is 2. The predicted octanol–water partition coefficient (Wildman–Crippen LogP) is 5.48. The number of carbonyl (C=O) groups excluding carboxylic acids is 2. The van der Waals surface area contributed by atoms with Crippen LogP contribution in [0.2, 0.25) is 0 Å². The molecule has 2 atom stereocenters. The number of hydrogen-bond acceptors (Lipinski definition) is 5. The first-order chi connectivity index (χ1) is 16.6. The van der Waals surface area contributed by atoms with E-state index in [1.54, 1.807) is 4.90 Å². The molecule has 2 aliphatic rings. The zero-order valence-electron chi connectivity index (χ0n) is 18.9. The maximum atomic E-state index is 13.6. The van der Waals surface area contributed by atoms with Gasteiger partial charge in [0.15, 0.2) is 11.2 Å². The van der Waals surface area contributed by atoms with Crippen LogP contribution in [0.1, 0.15) is 36.1 Å². The molecular formula is C27H24N4O2S. The van der Waals surface area contributed by atoms with Gasteiger partial charge in [0.25, 0.3) is 5.91 Å². The van der Waals surface area contributed by atoms with E-state index in [-0.39, 0.29) is 11.8 Å². The van der Waals surface area contributed by atoms with Crippen LogP contribution in [-0.4, -0.2) is 33.0 Å². The summed E-state index contributed by atoms with van der Waals surface area (Å²) in [5.41, 5.74) is 4.17. The summed E-state index contributed by atoms with van der Waals surface area (Å²) in [5, 5.41) is 3.08. The third-order valence-corrected chi connectivity index (χ3v) is 7.22. The van der Waals surface area contributed by atoms with Crippen molar-refractivity contribution in [3.63, 3.8) is 0 Å². The lowest BCUT2D eigenvalue weighted by atomic mass is 10.1. The molecule has 0 aliphatic carbocycles. The quantitative estimate of drug-likeness (QED) is 0.539. The minimum Gasteiger partial charge on any atom is -0.325 e. The molecule has 0 spiro atoms. The van der Waals surface area contributed by atoms with Crippen LogP contribution >= 0.6 is 11.8 Å². The number of hydrogen-bond donors (Lipinski definition) is 1. The molecule has 0 saturated heterocycles. The second-order valence-electron chi connectivity index (χ2n) is 8.17. The highest BCUT2D eigenvalue weighted by Crippen LogP contribution is 2.38. The summed E-state index contributed by atoms with van der Waals surface area (Å²) in [6.45, 7) is 3.92. The van der Waals surface area contributed by atoms with Crippen molar-refractivity contribution in [3.8, 4) is 0 Å². The fourth-order valence-corrected chi connectivity index (χ4v) is 5.08. The fraction of sp³-hybridized carbons (Fsp3) is 0.185. The summed E-state index contributed by atoms with van der Waals surface area (Å²) in [4.78, 5) is 37.9. The largest absolute Gasteiger partial charge is 0.325 e. The lowest BCUT2D eigenvalue weighted by molar-refractivity contribution is -0.124. The first-order valence-electron chi connectivity index (χ1n) is 11.2. The molecule has 0 fully saturated rings. The number of nitrogens with one attached hydrogen (secondary N) is 1. The van der Waals surface area contributed by atoms with E-state index in [0.717, 1.165) is 28.1 Å². The van der Waals surface area contributed by atoms with Gasteiger partial charge in [-0.25, -0.2) is 14.9 Å². The Morgan fingerprint density at radius 2 is 1.74 bits per heavy atom. The maximum Gasteiger partial charge on any atom is 0.263 e. The van der Waals surface area contributed by atoms with Gasteiger partial charge in [0, 0.05) is 11.3 Å². The van der Waals surface area contributed by atoms with Crippen LogP contribution in [0.3, 0.4) is 0 Å². The highest BCUT2D eigenvalue weighted by molar-refractivity contribution is 8.15. The molecule has 5 rings (SSSR count). The van der Waals surface area contributed by atoms with Crippen molar-refractivity contribution in [1.29, 1.82) is 0 Å². The van der Waals surface area contributed by atoms with Crippen molar-refractivity contribution >= 4 is 46.0 Å². The van der Waals surface area contributed by atoms with Crippen LogP contribution in [0, 0.1) is 6.92 Å². The van der Waals surface area contributed by atoms with E-state index in [2.05, 4.69) is 5.32 Å². The van der Waals surface area contributed by atoms with E-state index < -0.39 is 11.3 Å². The minimum atomic E-state index is -0.631. The summed E-state index contributed by atoms with van der Waals surface area (Å²) in [7, 11) is 0. The molecule has 3 aromatic carbocycles. The first kappa shape index (κ1) is 22.1. The monoisotopic (exact) mass is 468 g/mol. The normalized spacial score (nSPS) is 17.4. The highest BCUT2D eigenvalue weighted by Gasteiger charge is 2.43. The Morgan fingerprint density at radius 3 is 2.50 bits per heavy atom. The Labute approximate surface area is 202 Å². The fourth-order valence-electron chi connectivity index (χ4n) is 4.06. The van der Waals surface area contributed by atoms with Gasteiger partial charge in [-0.15, -0.1) is 0 Å². The number of para-hydroxylation sites is 2. The number of aryl methyl sites for hydroxylation is 1. The van der Waals surface area contributed by atoms with E-state index >= 15 is 0 Å². The Bertz CT molecular complexity index is 1320. The van der Waals surface area contributed by atoms with Crippen LogP contribution in [0.4, 0.5) is 11.4 Å². The van der Waals surface area contributed by atoms with Crippen molar-refractivity contribution in [2.75, 3.05) is 5.32 Å². The molecule has 7 heteroatoms. The maximum absolute atomic E-state index is 13.6. The second-order valence-corrected chi connectivity index (χ2v) is 9.34. The van der Waals surface area contributed by atoms with Crippen molar-refractivity contribution in [2.24, 2.45) is 9.98 Å². The summed E-state index contributed by atoms with van der Waals surface area (Å²) >= 11 is 1.30. The van der Waals surface area contributed by atoms with Gasteiger partial charge in [0.05, 0.1) is 10.9 Å². The predicted molar refractivity (Wildman–Crippen MR) is 138 cm³/mol. The van der Waals surface area contributed by atoms with E-state index in [1.165, 1.54) is 11.8 Å². The van der Waals surface area contributed by atoms with Gasteiger partial charge >= 0.3 is 0 Å². The number of thioether (sulfide) groups is 1. The highest BCUT2D eigenvalue weighted by atomic mass is 32.2. The van der Waals surface area contributed by atoms with Gasteiger partial charge in [-0.1, -0.05) is 79.3 Å². The van der Waals surface area contributed by atoms with Crippen LogP contribution in [-0.2, 0) is 9.59 Å². The molecule has 0 saturated carbocycles. The topological polar surface area (TPSA) is 74.1 Å². The summed E-state index contributed by atoms with van der Waals surface area (Å²) in [6.07, 6.45) is 0.583. The smallest absolute Gasteiger partial charge is 0.263 e. The molecule has 34 heavy (non-hydrogen) atoms. The van der Waals surface area contributed by atoms with E-state index in [0.29, 0.717) is 17.4 Å². The molecule has 1 N–H and O–H groups in total. The zero-order valence-corrected chi connectivity index (χ0v) is 19.8. The lowest BCUT2D eigenvalue weighted by Gasteiger charge is -2.27. The first-order valence-corrected chi connectivity index (χ1v) is 12.1. The summed E-state index contributed by atoms with van der Waals surface area (Å²) in [5.74, 6) is 0.310. The van der Waals surface area contributed by atoms with Crippen molar-refractivity contribution in [2.45, 2.75) is 31.6 Å². The van der Waals surface area contributed by atoms with Gasteiger partial charge in [-0.3, -0.25) is 9.59 Å². The van der Waals surface area contributed by atoms with Crippen molar-refractivity contribution in [1.82, 2.24) is 4.90 Å². The number of amidine groups is 2. The molecule has 0 unspecified atom stereocenters. The molecule has 170 valence electrons. The average molecular weight is 469 g/mol. The van der Waals surface area contributed by atoms with Crippen LogP contribution in [0.25, 0.3) is 0 Å². The van der Waals surface area contributed by atoms with Crippen LogP contribution in [0.15, 0.2) is 88.8 Å². The minimum absolute atomic E-state index is 0.117. The van der Waals surface area contributed by atoms with E-state index in [1.807, 2.05) is 92.7 Å². The number of anilines is 1. The SMILES string of the molecule is CC[C@@H](SC1=Nc2ccccc2C2=N[C@H](c3ccccc3)C(=O)N12)C(=O)Nc1ccccc1C. The second kappa shape index (κ2) is 9.27. The number of nitrogens with zero attached hydrogens (tertiary/aromatic N) is 3. The Morgan fingerprint density at radius 1 is 1.03 bits per heavy atom. The molecule has 0 aromatic heterocycles. The molecule has 6 nitrogen and oxygen atoms in total. The van der Waals surface area contributed by atoms with Crippen molar-refractivity contribution in [3.05, 3.63) is 95.6 Å². The third kappa shape index (κ3) is 4.03. The molecule has 0 radical (unpaired) electrons. The average Bonchev–Trinajstić information content (AvgIpc) is 3.22. The number of fused-ring (bicyclic) bond motifs is 3. The number of aliphatic imine (C=N–C) groups is 2. The molecule has 2 aliphatic heterocycles. The van der Waals surface area contributed by atoms with Gasteiger partial charge < -0.3 is 5.32 Å². The van der Waals surface area contributed by atoms with Gasteiger partial charge in [-0.2, -0.15) is 0 Å². The summed E-state index contributed by atoms with van der Waals surface area (Å²) in [6, 6.07) is 24.3. The summed E-state index contributed by atoms with van der Waals surface area (Å²) < 4.78 is 0. The van der Waals surface area contributed by atoms with E-state index in [9.17, 15) is 9.59 Å². The lowest BCUT2D eigenvalue weighted by Crippen LogP contribution is -2.41. The Kier molecular flexibility index (Phi) is 6.02. The number of carbonyl (C=O) groups is 2. The molecule has 2 heterocycles. The standard InChI is InChI=1S/C27H24N4O2S/c1-3-22(25(32)28-20-15-9-7-11-17(20)2)34-27-29-21-16-10-8-14-19(21)24-30-23(26(33)31(24)27)18-12-5-4-6-13-18/h4-16,22-23H,3H2,1-2H3,(H,28,32)/t22-,23-/m1/s1.